The predicted molar refractivity (Wildman–Crippen MR) is 69.4 cm³/mol. The van der Waals surface area contributed by atoms with Gasteiger partial charge in [-0.15, -0.1) is 0 Å². The van der Waals surface area contributed by atoms with Gasteiger partial charge in [0, 0.05) is 6.07 Å². The number of alkyl halides is 3. The fourth-order valence-electron chi connectivity index (χ4n) is 1.68. The van der Waals surface area contributed by atoms with Crippen molar-refractivity contribution in [2.45, 2.75) is 12.8 Å². The van der Waals surface area contributed by atoms with Gasteiger partial charge in [0.1, 0.15) is 6.61 Å². The summed E-state index contributed by atoms with van der Waals surface area (Å²) in [6.07, 6.45) is -3.52. The van der Waals surface area contributed by atoms with Gasteiger partial charge in [-0.25, -0.2) is 4.79 Å². The lowest BCUT2D eigenvalue weighted by Crippen LogP contribution is -2.26. The number of carbonyl (C=O) groups is 1. The number of aromatic carboxylic acids is 1. The molecule has 0 radical (unpaired) electrons. The van der Waals surface area contributed by atoms with Gasteiger partial charge in [0.25, 0.3) is 5.56 Å². The molecule has 0 aliphatic rings. The van der Waals surface area contributed by atoms with Gasteiger partial charge in [-0.2, -0.15) is 17.9 Å². The summed E-state index contributed by atoms with van der Waals surface area (Å²) in [5.74, 6) is -1.25. The van der Waals surface area contributed by atoms with Crippen LogP contribution in [0.2, 0.25) is 0 Å². The zero-order valence-electron chi connectivity index (χ0n) is 11.0. The van der Waals surface area contributed by atoms with Gasteiger partial charge in [0.05, 0.1) is 17.3 Å². The highest BCUT2D eigenvalue weighted by Crippen LogP contribution is 2.29. The Bertz CT molecular complexity index is 752. The maximum atomic E-state index is 12.6. The van der Waals surface area contributed by atoms with Crippen LogP contribution in [0.25, 0.3) is 0 Å². The maximum Gasteiger partial charge on any atom is 0.416 e. The number of hydrogen-bond acceptors (Lipinski definition) is 3. The lowest BCUT2D eigenvalue weighted by Gasteiger charge is -2.11. The summed E-state index contributed by atoms with van der Waals surface area (Å²) in [5.41, 5.74) is -1.44. The first-order chi connectivity index (χ1) is 10.3. The van der Waals surface area contributed by atoms with Crippen LogP contribution >= 0.6 is 0 Å². The van der Waals surface area contributed by atoms with Gasteiger partial charge in [-0.3, -0.25) is 4.79 Å². The largest absolute Gasteiger partial charge is 0.478 e. The number of carboxylic acids is 1. The van der Waals surface area contributed by atoms with E-state index in [2.05, 4.69) is 0 Å². The van der Waals surface area contributed by atoms with Crippen LogP contribution in [-0.4, -0.2) is 15.8 Å². The van der Waals surface area contributed by atoms with Crippen LogP contribution in [0.5, 0.6) is 0 Å². The Morgan fingerprint density at radius 2 is 1.95 bits per heavy atom. The van der Waals surface area contributed by atoms with Crippen LogP contribution in [0.1, 0.15) is 21.5 Å². The molecule has 1 aromatic carbocycles. The first-order valence-corrected chi connectivity index (χ1v) is 6.03. The molecule has 2 aromatic rings. The van der Waals surface area contributed by atoms with E-state index in [9.17, 15) is 22.8 Å². The fraction of sp³-hybridized carbons (Fsp3) is 0.143. The molecule has 5 nitrogen and oxygen atoms in total. The number of hydrogen-bond donors (Lipinski definition) is 1. The van der Waals surface area contributed by atoms with Crippen LogP contribution < -0.4 is 10.4 Å². The van der Waals surface area contributed by atoms with Crippen LogP contribution in [0.3, 0.4) is 0 Å². The molecule has 8 heteroatoms. The number of benzene rings is 1. The second kappa shape index (κ2) is 5.92. The molecule has 0 aliphatic heterocycles. The Hall–Kier alpha value is -2.77. The summed E-state index contributed by atoms with van der Waals surface area (Å²) >= 11 is 0. The second-order valence-corrected chi connectivity index (χ2v) is 4.36. The highest BCUT2D eigenvalue weighted by molar-refractivity contribution is 5.87. The predicted octanol–water partition coefficient (Wildman–Crippen LogP) is 2.19. The molecule has 116 valence electrons. The molecule has 1 heterocycles. The quantitative estimate of drug-likeness (QED) is 0.939. The van der Waals surface area contributed by atoms with Crippen molar-refractivity contribution in [2.24, 2.45) is 0 Å². The molecular weight excluding hydrogens is 303 g/mol. The van der Waals surface area contributed by atoms with Crippen LogP contribution in [0.4, 0.5) is 13.2 Å². The van der Waals surface area contributed by atoms with E-state index in [1.807, 2.05) is 0 Å². The van der Waals surface area contributed by atoms with Crippen molar-refractivity contribution in [3.05, 3.63) is 69.6 Å². The van der Waals surface area contributed by atoms with Crippen molar-refractivity contribution in [2.75, 3.05) is 0 Å². The lowest BCUT2D eigenvalue weighted by atomic mass is 10.1. The minimum absolute atomic E-state index is 0.177. The SMILES string of the molecule is O=C(O)c1ccc(=O)n(OCc2cccc(C(F)(F)F)c2)c1. The van der Waals surface area contributed by atoms with Crippen molar-refractivity contribution in [1.82, 2.24) is 4.73 Å². The molecule has 22 heavy (non-hydrogen) atoms. The van der Waals surface area contributed by atoms with Gasteiger partial charge in [-0.1, -0.05) is 12.1 Å². The standard InChI is InChI=1S/C14H10F3NO4/c15-14(16,17)11-3-1-2-9(6-11)8-22-18-7-10(13(20)21)4-5-12(18)19/h1-7H,8H2,(H,20,21). The summed E-state index contributed by atoms with van der Waals surface area (Å²) < 4.78 is 38.4. The van der Waals surface area contributed by atoms with E-state index in [1.165, 1.54) is 12.1 Å². The highest BCUT2D eigenvalue weighted by atomic mass is 19.4. The van der Waals surface area contributed by atoms with E-state index in [-0.39, 0.29) is 17.7 Å². The van der Waals surface area contributed by atoms with Crippen molar-refractivity contribution < 1.29 is 27.9 Å². The molecule has 1 N–H and O–H groups in total. The lowest BCUT2D eigenvalue weighted by molar-refractivity contribution is -0.137. The summed E-state index contributed by atoms with van der Waals surface area (Å²) in [7, 11) is 0. The summed E-state index contributed by atoms with van der Waals surface area (Å²) in [5, 5.41) is 8.82. The third-order valence-corrected chi connectivity index (χ3v) is 2.75. The number of carboxylic acid groups (broad SMARTS) is 1. The van der Waals surface area contributed by atoms with Gasteiger partial charge in [0.2, 0.25) is 0 Å². The molecule has 1 aromatic heterocycles. The third-order valence-electron chi connectivity index (χ3n) is 2.75. The monoisotopic (exact) mass is 313 g/mol. The average Bonchev–Trinajstić information content (AvgIpc) is 2.45. The van der Waals surface area contributed by atoms with E-state index < -0.39 is 23.3 Å². The fourth-order valence-corrected chi connectivity index (χ4v) is 1.68. The molecule has 0 spiro atoms. The van der Waals surface area contributed by atoms with Crippen molar-refractivity contribution >= 4 is 5.97 Å². The number of pyridine rings is 1. The van der Waals surface area contributed by atoms with Crippen LogP contribution in [0.15, 0.2) is 47.4 Å². The number of nitrogens with zero attached hydrogens (tertiary/aromatic N) is 1. The molecule has 0 amide bonds. The minimum Gasteiger partial charge on any atom is -0.478 e. The molecule has 0 saturated heterocycles. The van der Waals surface area contributed by atoms with Crippen molar-refractivity contribution in [3.63, 3.8) is 0 Å². The number of halogens is 3. The van der Waals surface area contributed by atoms with Gasteiger partial charge in [-0.05, 0) is 23.8 Å². The number of aromatic nitrogens is 1. The Morgan fingerprint density at radius 3 is 2.59 bits per heavy atom. The Labute approximate surface area is 122 Å². The van der Waals surface area contributed by atoms with Crippen molar-refractivity contribution in [1.29, 1.82) is 0 Å². The Morgan fingerprint density at radius 1 is 1.23 bits per heavy atom. The number of rotatable bonds is 4. The van der Waals surface area contributed by atoms with Gasteiger partial charge in [0.15, 0.2) is 0 Å². The first-order valence-electron chi connectivity index (χ1n) is 6.03. The average molecular weight is 313 g/mol. The van der Waals surface area contributed by atoms with Gasteiger partial charge < -0.3 is 9.94 Å². The van der Waals surface area contributed by atoms with Gasteiger partial charge >= 0.3 is 12.1 Å². The van der Waals surface area contributed by atoms with Crippen molar-refractivity contribution in [3.8, 4) is 0 Å². The van der Waals surface area contributed by atoms with E-state index in [0.717, 1.165) is 30.5 Å². The Kier molecular flexibility index (Phi) is 4.20. The highest BCUT2D eigenvalue weighted by Gasteiger charge is 2.30. The second-order valence-electron chi connectivity index (χ2n) is 4.36. The van der Waals surface area contributed by atoms with E-state index in [4.69, 9.17) is 9.94 Å². The molecule has 2 rings (SSSR count). The molecule has 0 bridgehead atoms. The van der Waals surface area contributed by atoms with Crippen LogP contribution in [-0.2, 0) is 12.8 Å². The third kappa shape index (κ3) is 3.66. The van der Waals surface area contributed by atoms with E-state index >= 15 is 0 Å². The molecule has 0 unspecified atom stereocenters. The zero-order valence-corrected chi connectivity index (χ0v) is 11.0. The topological polar surface area (TPSA) is 68.5 Å². The van der Waals surface area contributed by atoms with E-state index in [1.54, 1.807) is 0 Å². The smallest absolute Gasteiger partial charge is 0.416 e. The Balaban J connectivity index is 2.19. The summed E-state index contributed by atoms with van der Waals surface area (Å²) in [6.45, 7) is -0.313. The normalized spacial score (nSPS) is 11.2. The molecule has 0 aliphatic carbocycles. The molecule has 0 saturated carbocycles. The van der Waals surface area contributed by atoms with E-state index in [0.29, 0.717) is 4.73 Å². The minimum atomic E-state index is -4.48. The summed E-state index contributed by atoms with van der Waals surface area (Å²) in [4.78, 5) is 27.4. The first kappa shape index (κ1) is 15.6. The summed E-state index contributed by atoms with van der Waals surface area (Å²) in [6, 6.07) is 6.54. The molecular formula is C14H10F3NO4. The zero-order chi connectivity index (χ0) is 16.3. The molecule has 0 atom stereocenters. The maximum absolute atomic E-state index is 12.6. The van der Waals surface area contributed by atoms with Crippen LogP contribution in [0, 0.1) is 0 Å². The molecule has 0 fully saturated rings.